The summed E-state index contributed by atoms with van der Waals surface area (Å²) >= 11 is 0. The van der Waals surface area contributed by atoms with Crippen LogP contribution in [0.1, 0.15) is 17.5 Å². The summed E-state index contributed by atoms with van der Waals surface area (Å²) in [6, 6.07) is 17.0. The topological polar surface area (TPSA) is 20.2 Å². The largest absolute Gasteiger partial charge is 0.508 e. The van der Waals surface area contributed by atoms with Crippen molar-refractivity contribution < 1.29 is 5.11 Å². The number of hydrogen-bond donors (Lipinski definition) is 1. The molecule has 0 spiro atoms. The van der Waals surface area contributed by atoms with Crippen molar-refractivity contribution in [2.75, 3.05) is 0 Å². The minimum atomic E-state index is 0.433. The molecule has 1 nitrogen and oxygen atoms in total. The Bertz CT molecular complexity index is 828. The van der Waals surface area contributed by atoms with Gasteiger partial charge in [0.25, 0.3) is 0 Å². The van der Waals surface area contributed by atoms with Crippen molar-refractivity contribution in [3.63, 3.8) is 0 Å². The second-order valence-electron chi connectivity index (χ2n) is 5.11. The van der Waals surface area contributed by atoms with Crippen molar-refractivity contribution in [2.45, 2.75) is 12.8 Å². The zero-order chi connectivity index (χ0) is 12.8. The van der Waals surface area contributed by atoms with E-state index in [4.69, 9.17) is 0 Å². The third kappa shape index (κ3) is 1.48. The Morgan fingerprint density at radius 1 is 0.789 bits per heavy atom. The molecule has 0 unspecified atom stereocenters. The first kappa shape index (κ1) is 10.6. The summed E-state index contributed by atoms with van der Waals surface area (Å²) in [4.78, 5) is 0. The van der Waals surface area contributed by atoms with Crippen LogP contribution in [0.25, 0.3) is 27.3 Å². The lowest BCUT2D eigenvalue weighted by molar-refractivity contribution is 0.506. The Labute approximate surface area is 111 Å². The van der Waals surface area contributed by atoms with Crippen molar-refractivity contribution in [2.24, 2.45) is 0 Å². The number of aryl methyl sites for hydroxylation is 1. The van der Waals surface area contributed by atoms with Crippen LogP contribution in [0, 0.1) is 0 Å². The summed E-state index contributed by atoms with van der Waals surface area (Å²) in [6.45, 7) is 0. The van der Waals surface area contributed by atoms with Crippen LogP contribution in [-0.4, -0.2) is 5.11 Å². The first-order chi connectivity index (χ1) is 9.34. The molecule has 0 amide bonds. The van der Waals surface area contributed by atoms with Crippen LogP contribution < -0.4 is 0 Å². The number of hydrogen-bond acceptors (Lipinski definition) is 1. The lowest BCUT2D eigenvalue weighted by Crippen LogP contribution is -2.00. The average molecular weight is 246 g/mol. The number of aliphatic hydroxyl groups excluding tert-OH is 1. The maximum Gasteiger partial charge on any atom is 0.119 e. The number of aliphatic hydroxyl groups is 1. The molecule has 1 N–H and O–H groups in total. The van der Waals surface area contributed by atoms with Gasteiger partial charge in [-0.1, -0.05) is 48.5 Å². The summed E-state index contributed by atoms with van der Waals surface area (Å²) in [7, 11) is 0. The van der Waals surface area contributed by atoms with E-state index in [1.54, 1.807) is 0 Å². The Morgan fingerprint density at radius 2 is 1.63 bits per heavy atom. The van der Waals surface area contributed by atoms with E-state index in [1.807, 2.05) is 6.08 Å². The maximum absolute atomic E-state index is 10.2. The van der Waals surface area contributed by atoms with Crippen molar-refractivity contribution in [1.82, 2.24) is 0 Å². The molecule has 0 radical (unpaired) electrons. The Kier molecular flexibility index (Phi) is 2.16. The molecule has 3 aromatic rings. The van der Waals surface area contributed by atoms with E-state index in [1.165, 1.54) is 21.7 Å². The molecule has 0 saturated heterocycles. The molecule has 3 aromatic carbocycles. The summed E-state index contributed by atoms with van der Waals surface area (Å²) in [6.07, 6.45) is 3.87. The summed E-state index contributed by atoms with van der Waals surface area (Å²) in [5.41, 5.74) is 2.28. The molecule has 92 valence electrons. The van der Waals surface area contributed by atoms with Gasteiger partial charge in [0.2, 0.25) is 0 Å². The van der Waals surface area contributed by atoms with Gasteiger partial charge in [-0.15, -0.1) is 0 Å². The predicted octanol–water partition coefficient (Wildman–Crippen LogP) is 4.84. The Balaban J connectivity index is 2.20. The third-order valence-electron chi connectivity index (χ3n) is 4.02. The van der Waals surface area contributed by atoms with Gasteiger partial charge in [-0.2, -0.15) is 0 Å². The molecule has 0 bridgehead atoms. The third-order valence-corrected chi connectivity index (χ3v) is 4.02. The van der Waals surface area contributed by atoms with E-state index in [0.29, 0.717) is 5.76 Å². The molecule has 0 fully saturated rings. The fourth-order valence-electron chi connectivity index (χ4n) is 3.11. The minimum absolute atomic E-state index is 0.433. The first-order valence-corrected chi connectivity index (χ1v) is 6.67. The van der Waals surface area contributed by atoms with Gasteiger partial charge in [0.05, 0.1) is 0 Å². The van der Waals surface area contributed by atoms with E-state index in [9.17, 15) is 5.11 Å². The van der Waals surface area contributed by atoms with Crippen molar-refractivity contribution in [1.29, 1.82) is 0 Å². The fraction of sp³-hybridized carbons (Fsp3) is 0.111. The van der Waals surface area contributed by atoms with E-state index in [-0.39, 0.29) is 0 Å². The lowest BCUT2D eigenvalue weighted by Gasteiger charge is -2.17. The molecule has 0 atom stereocenters. The first-order valence-electron chi connectivity index (χ1n) is 6.67. The summed E-state index contributed by atoms with van der Waals surface area (Å²) in [5, 5.41) is 15.1. The van der Waals surface area contributed by atoms with Gasteiger partial charge in [0.1, 0.15) is 5.76 Å². The smallest absolute Gasteiger partial charge is 0.119 e. The molecule has 0 heterocycles. The van der Waals surface area contributed by atoms with Crippen molar-refractivity contribution in [3.05, 3.63) is 65.7 Å². The highest BCUT2D eigenvalue weighted by Crippen LogP contribution is 2.35. The number of benzene rings is 3. The van der Waals surface area contributed by atoms with Crippen molar-refractivity contribution >= 4 is 27.3 Å². The predicted molar refractivity (Wildman–Crippen MR) is 80.4 cm³/mol. The average Bonchev–Trinajstić information content (AvgIpc) is 2.46. The zero-order valence-electron chi connectivity index (χ0n) is 10.6. The number of allylic oxidation sites excluding steroid dienone is 1. The molecule has 4 rings (SSSR count). The highest BCUT2D eigenvalue weighted by molar-refractivity contribution is 6.10. The monoisotopic (exact) mass is 246 g/mol. The van der Waals surface area contributed by atoms with Crippen molar-refractivity contribution in [3.8, 4) is 0 Å². The molecule has 1 aliphatic rings. The molecule has 0 saturated carbocycles. The van der Waals surface area contributed by atoms with Gasteiger partial charge in [0, 0.05) is 5.56 Å². The van der Waals surface area contributed by atoms with Crippen LogP contribution in [-0.2, 0) is 6.42 Å². The second-order valence-corrected chi connectivity index (χ2v) is 5.11. The van der Waals surface area contributed by atoms with Gasteiger partial charge < -0.3 is 5.11 Å². The molecule has 1 aliphatic carbocycles. The van der Waals surface area contributed by atoms with Gasteiger partial charge in [-0.3, -0.25) is 0 Å². The highest BCUT2D eigenvalue weighted by Gasteiger charge is 2.15. The molecule has 0 aromatic heterocycles. The van der Waals surface area contributed by atoms with E-state index in [2.05, 4.69) is 48.5 Å². The van der Waals surface area contributed by atoms with Gasteiger partial charge >= 0.3 is 0 Å². The maximum atomic E-state index is 10.2. The summed E-state index contributed by atoms with van der Waals surface area (Å²) in [5.74, 6) is 0.433. The second kappa shape index (κ2) is 3.86. The van der Waals surface area contributed by atoms with Crippen LogP contribution in [0.15, 0.2) is 54.6 Å². The van der Waals surface area contributed by atoms with E-state index < -0.39 is 0 Å². The van der Waals surface area contributed by atoms with Gasteiger partial charge in [-0.05, 0) is 46.0 Å². The van der Waals surface area contributed by atoms with Crippen LogP contribution >= 0.6 is 0 Å². The zero-order valence-corrected chi connectivity index (χ0v) is 10.6. The molecular formula is C18H14O. The van der Waals surface area contributed by atoms with Crippen LogP contribution in [0.3, 0.4) is 0 Å². The molecule has 0 aliphatic heterocycles. The SMILES string of the molecule is OC1=CCCc2ccc3c(ccc4ccccc43)c21. The molecular weight excluding hydrogens is 232 g/mol. The number of fused-ring (bicyclic) bond motifs is 5. The van der Waals surface area contributed by atoms with Crippen LogP contribution in [0.5, 0.6) is 0 Å². The highest BCUT2D eigenvalue weighted by atomic mass is 16.3. The fourth-order valence-corrected chi connectivity index (χ4v) is 3.11. The Morgan fingerprint density at radius 3 is 2.58 bits per heavy atom. The quantitative estimate of drug-likeness (QED) is 0.563. The van der Waals surface area contributed by atoms with Gasteiger partial charge in [-0.25, -0.2) is 0 Å². The van der Waals surface area contributed by atoms with E-state index >= 15 is 0 Å². The number of rotatable bonds is 0. The summed E-state index contributed by atoms with van der Waals surface area (Å²) < 4.78 is 0. The van der Waals surface area contributed by atoms with E-state index in [0.717, 1.165) is 23.8 Å². The standard InChI is InChI=1S/C18H14O/c19-17-7-3-5-13-9-10-15-14-6-2-1-4-12(14)8-11-16(15)18(13)17/h1-2,4,6-11,19H,3,5H2. The normalized spacial score (nSPS) is 14.4. The van der Waals surface area contributed by atoms with Gasteiger partial charge in [0.15, 0.2) is 0 Å². The molecule has 1 heteroatoms. The van der Waals surface area contributed by atoms with Crippen LogP contribution in [0.2, 0.25) is 0 Å². The Hall–Kier alpha value is -2.28. The van der Waals surface area contributed by atoms with Crippen LogP contribution in [0.4, 0.5) is 0 Å². The minimum Gasteiger partial charge on any atom is -0.508 e. The molecule has 19 heavy (non-hydrogen) atoms. The lowest BCUT2D eigenvalue weighted by atomic mass is 9.89.